The van der Waals surface area contributed by atoms with Crippen molar-refractivity contribution in [2.24, 2.45) is 0 Å². The van der Waals surface area contributed by atoms with Crippen LogP contribution in [-0.2, 0) is 18.9 Å². The molecule has 0 aromatic carbocycles. The third-order valence-corrected chi connectivity index (χ3v) is 5.37. The molecule has 0 unspecified atom stereocenters. The van der Waals surface area contributed by atoms with Gasteiger partial charge in [-0.15, -0.1) is 0 Å². The Morgan fingerprint density at radius 1 is 0.600 bits per heavy atom. The molecule has 0 aromatic rings. The van der Waals surface area contributed by atoms with Crippen molar-refractivity contribution in [1.82, 2.24) is 0 Å². The molecule has 2 aliphatic heterocycles. The Bertz CT molecular complexity index is 323. The van der Waals surface area contributed by atoms with Crippen LogP contribution in [0.3, 0.4) is 0 Å². The monoisotopic (exact) mass is 356 g/mol. The van der Waals surface area contributed by atoms with Crippen LogP contribution in [0, 0.1) is 0 Å². The molecule has 25 heavy (non-hydrogen) atoms. The molecule has 0 radical (unpaired) electrons. The second kappa shape index (κ2) is 13.1. The molecule has 0 bridgehead atoms. The number of fused-ring (bicyclic) bond motifs is 1. The predicted octanol–water partition coefficient (Wildman–Crippen LogP) is 4.89. The third kappa shape index (κ3) is 7.54. The van der Waals surface area contributed by atoms with Crippen LogP contribution in [-0.4, -0.2) is 50.8 Å². The van der Waals surface area contributed by atoms with Crippen LogP contribution in [0.25, 0.3) is 0 Å². The summed E-state index contributed by atoms with van der Waals surface area (Å²) in [4.78, 5) is 0. The van der Waals surface area contributed by atoms with Crippen LogP contribution in [0.2, 0.25) is 0 Å². The van der Waals surface area contributed by atoms with E-state index < -0.39 is 0 Å². The molecule has 2 fully saturated rings. The summed E-state index contributed by atoms with van der Waals surface area (Å²) in [6.07, 6.45) is 14.4. The van der Waals surface area contributed by atoms with Gasteiger partial charge < -0.3 is 18.9 Å². The molecule has 4 atom stereocenters. The molecule has 2 saturated heterocycles. The smallest absolute Gasteiger partial charge is 0.115 e. The van der Waals surface area contributed by atoms with Gasteiger partial charge in [0.25, 0.3) is 0 Å². The predicted molar refractivity (Wildman–Crippen MR) is 101 cm³/mol. The van der Waals surface area contributed by atoms with Gasteiger partial charge in [0.15, 0.2) is 0 Å². The van der Waals surface area contributed by atoms with Gasteiger partial charge in [0.05, 0.1) is 13.2 Å². The van der Waals surface area contributed by atoms with Gasteiger partial charge in [-0.25, -0.2) is 0 Å². The van der Waals surface area contributed by atoms with E-state index in [1.165, 1.54) is 57.8 Å². The minimum Gasteiger partial charge on any atom is -0.373 e. The lowest BCUT2D eigenvalue weighted by Crippen LogP contribution is -2.34. The molecule has 148 valence electrons. The van der Waals surface area contributed by atoms with Crippen molar-refractivity contribution in [3.63, 3.8) is 0 Å². The normalized spacial score (nSPS) is 28.6. The lowest BCUT2D eigenvalue weighted by atomic mass is 10.1. The lowest BCUT2D eigenvalue weighted by Gasteiger charge is -2.17. The quantitative estimate of drug-likeness (QED) is 0.392. The number of ether oxygens (including phenoxy) is 4. The van der Waals surface area contributed by atoms with Gasteiger partial charge in [-0.1, -0.05) is 71.6 Å². The van der Waals surface area contributed by atoms with E-state index in [1.54, 1.807) is 0 Å². The van der Waals surface area contributed by atoms with Crippen LogP contribution in [0.4, 0.5) is 0 Å². The highest BCUT2D eigenvalue weighted by Gasteiger charge is 2.48. The van der Waals surface area contributed by atoms with Crippen LogP contribution in [0.5, 0.6) is 0 Å². The number of unbranched alkanes of at least 4 members (excludes halogenated alkanes) is 9. The highest BCUT2D eigenvalue weighted by Crippen LogP contribution is 2.30. The van der Waals surface area contributed by atoms with Crippen molar-refractivity contribution in [2.45, 2.75) is 109 Å². The van der Waals surface area contributed by atoms with Crippen molar-refractivity contribution < 1.29 is 18.9 Å². The summed E-state index contributed by atoms with van der Waals surface area (Å²) in [5, 5.41) is 0. The summed E-state index contributed by atoms with van der Waals surface area (Å²) in [6, 6.07) is 0. The van der Waals surface area contributed by atoms with Crippen molar-refractivity contribution in [3.8, 4) is 0 Å². The molecular formula is C21H40O4. The summed E-state index contributed by atoms with van der Waals surface area (Å²) in [6.45, 7) is 7.46. The van der Waals surface area contributed by atoms with Gasteiger partial charge in [-0.2, -0.15) is 0 Å². The van der Waals surface area contributed by atoms with Crippen molar-refractivity contribution in [3.05, 3.63) is 0 Å². The Morgan fingerprint density at radius 2 is 1.00 bits per heavy atom. The maximum Gasteiger partial charge on any atom is 0.115 e. The Morgan fingerprint density at radius 3 is 1.44 bits per heavy atom. The maximum absolute atomic E-state index is 6.04. The summed E-state index contributed by atoms with van der Waals surface area (Å²) in [5.74, 6) is 0. The van der Waals surface area contributed by atoms with Gasteiger partial charge in [-0.3, -0.25) is 0 Å². The van der Waals surface area contributed by atoms with E-state index in [0.717, 1.165) is 26.1 Å². The first-order valence-corrected chi connectivity index (χ1v) is 10.8. The Balaban J connectivity index is 1.52. The fourth-order valence-corrected chi connectivity index (χ4v) is 3.77. The van der Waals surface area contributed by atoms with E-state index in [0.29, 0.717) is 13.2 Å². The molecule has 2 rings (SSSR count). The van der Waals surface area contributed by atoms with E-state index in [2.05, 4.69) is 13.8 Å². The van der Waals surface area contributed by atoms with Gasteiger partial charge in [-0.05, 0) is 12.8 Å². The Kier molecular flexibility index (Phi) is 11.1. The zero-order valence-electron chi connectivity index (χ0n) is 16.5. The fourth-order valence-electron chi connectivity index (χ4n) is 3.77. The minimum atomic E-state index is 0.0742. The second-order valence-electron chi connectivity index (χ2n) is 7.60. The molecular weight excluding hydrogens is 316 g/mol. The van der Waals surface area contributed by atoms with Gasteiger partial charge in [0, 0.05) is 13.2 Å². The number of hydrogen-bond acceptors (Lipinski definition) is 4. The van der Waals surface area contributed by atoms with E-state index >= 15 is 0 Å². The summed E-state index contributed by atoms with van der Waals surface area (Å²) in [7, 11) is 0. The topological polar surface area (TPSA) is 36.9 Å². The van der Waals surface area contributed by atoms with Crippen LogP contribution in [0.1, 0.15) is 84.5 Å². The Labute approximate surface area is 154 Å². The Hall–Kier alpha value is -0.160. The standard InChI is InChI=1S/C21H40O4/c1-3-5-7-9-11-13-15-23-19-17-25-20-18(16-24-21(19)20)22-14-12-10-8-6-4-2/h18-21H,3-17H2,1-2H3/t18-,19-,20-,21-/m1/s1. The average molecular weight is 357 g/mol. The molecule has 4 heteroatoms. The summed E-state index contributed by atoms with van der Waals surface area (Å²) >= 11 is 0. The van der Waals surface area contributed by atoms with Crippen LogP contribution < -0.4 is 0 Å². The SMILES string of the molecule is CCCCCCCCO[C@@H]1CO[C@H]2[C@@H]1OC[C@H]2OCCCCCCC. The molecule has 0 N–H and O–H groups in total. The average Bonchev–Trinajstić information content (AvgIpc) is 3.20. The third-order valence-electron chi connectivity index (χ3n) is 5.37. The highest BCUT2D eigenvalue weighted by atomic mass is 16.6. The molecule has 0 aliphatic carbocycles. The summed E-state index contributed by atoms with van der Waals surface area (Å²) in [5.41, 5.74) is 0. The van der Waals surface area contributed by atoms with E-state index in [4.69, 9.17) is 18.9 Å². The van der Waals surface area contributed by atoms with E-state index in [9.17, 15) is 0 Å². The van der Waals surface area contributed by atoms with Crippen molar-refractivity contribution in [1.29, 1.82) is 0 Å². The van der Waals surface area contributed by atoms with Gasteiger partial charge in [0.2, 0.25) is 0 Å². The van der Waals surface area contributed by atoms with E-state index in [-0.39, 0.29) is 24.4 Å². The summed E-state index contributed by atoms with van der Waals surface area (Å²) < 4.78 is 23.9. The zero-order valence-corrected chi connectivity index (χ0v) is 16.5. The first-order chi connectivity index (χ1) is 12.4. The van der Waals surface area contributed by atoms with Gasteiger partial charge >= 0.3 is 0 Å². The molecule has 0 saturated carbocycles. The van der Waals surface area contributed by atoms with E-state index in [1.807, 2.05) is 0 Å². The maximum atomic E-state index is 6.04. The molecule has 2 aliphatic rings. The molecule has 0 amide bonds. The van der Waals surface area contributed by atoms with Crippen LogP contribution >= 0.6 is 0 Å². The number of hydrogen-bond donors (Lipinski definition) is 0. The first kappa shape index (κ1) is 21.1. The first-order valence-electron chi connectivity index (χ1n) is 10.8. The molecule has 0 spiro atoms. The second-order valence-corrected chi connectivity index (χ2v) is 7.60. The zero-order chi connectivity index (χ0) is 17.7. The molecule has 2 heterocycles. The molecule has 0 aromatic heterocycles. The largest absolute Gasteiger partial charge is 0.373 e. The lowest BCUT2D eigenvalue weighted by molar-refractivity contribution is -0.0512. The van der Waals surface area contributed by atoms with Crippen molar-refractivity contribution >= 4 is 0 Å². The fraction of sp³-hybridized carbons (Fsp3) is 1.00. The number of rotatable bonds is 15. The van der Waals surface area contributed by atoms with Crippen LogP contribution in [0.15, 0.2) is 0 Å². The minimum absolute atomic E-state index is 0.0742. The van der Waals surface area contributed by atoms with Crippen molar-refractivity contribution in [2.75, 3.05) is 26.4 Å². The molecule has 4 nitrogen and oxygen atoms in total. The van der Waals surface area contributed by atoms with Gasteiger partial charge in [0.1, 0.15) is 24.4 Å². The highest BCUT2D eigenvalue weighted by molar-refractivity contribution is 4.95.